The zero-order chi connectivity index (χ0) is 12.8. The minimum atomic E-state index is 0.126. The van der Waals surface area contributed by atoms with E-state index in [4.69, 9.17) is 10.5 Å². The molecule has 1 fully saturated rings. The van der Waals surface area contributed by atoms with Crippen LogP contribution in [0.15, 0.2) is 24.3 Å². The first-order valence-electron chi connectivity index (χ1n) is 6.42. The number of Topliss-reactive ketones (excluding diaryl/α,β-unsaturated/α-hetero) is 1. The summed E-state index contributed by atoms with van der Waals surface area (Å²) in [4.78, 5) is 14.1. The molecule has 18 heavy (non-hydrogen) atoms. The third-order valence-electron chi connectivity index (χ3n) is 3.13. The summed E-state index contributed by atoms with van der Waals surface area (Å²) in [5.74, 6) is 0.126. The molecule has 0 saturated carbocycles. The number of morpholine rings is 1. The first-order chi connectivity index (χ1) is 8.79. The van der Waals surface area contributed by atoms with Crippen molar-refractivity contribution in [2.75, 3.05) is 32.8 Å². The van der Waals surface area contributed by atoms with Crippen LogP contribution >= 0.6 is 0 Å². The maximum Gasteiger partial charge on any atom is 0.164 e. The molecule has 1 saturated heterocycles. The predicted octanol–water partition coefficient (Wildman–Crippen LogP) is 1.05. The van der Waals surface area contributed by atoms with E-state index in [0.29, 0.717) is 13.0 Å². The van der Waals surface area contributed by atoms with Crippen molar-refractivity contribution in [3.8, 4) is 0 Å². The Labute approximate surface area is 108 Å². The first kappa shape index (κ1) is 13.2. The molecule has 4 heteroatoms. The van der Waals surface area contributed by atoms with Gasteiger partial charge in [-0.1, -0.05) is 18.2 Å². The molecule has 0 aliphatic carbocycles. The van der Waals surface area contributed by atoms with E-state index in [1.54, 1.807) is 0 Å². The van der Waals surface area contributed by atoms with Gasteiger partial charge in [0.2, 0.25) is 0 Å². The van der Waals surface area contributed by atoms with Crippen molar-refractivity contribution >= 4 is 5.78 Å². The lowest BCUT2D eigenvalue weighted by molar-refractivity contribution is 0.0342. The Balaban J connectivity index is 2.00. The largest absolute Gasteiger partial charge is 0.379 e. The summed E-state index contributed by atoms with van der Waals surface area (Å²) in [5, 5.41) is 0. The van der Waals surface area contributed by atoms with Crippen LogP contribution in [0.1, 0.15) is 22.3 Å². The van der Waals surface area contributed by atoms with Crippen molar-refractivity contribution in [3.05, 3.63) is 35.4 Å². The quantitative estimate of drug-likeness (QED) is 0.791. The Bertz CT molecular complexity index is 401. The second kappa shape index (κ2) is 6.64. The lowest BCUT2D eigenvalue weighted by atomic mass is 10.0. The lowest BCUT2D eigenvalue weighted by Crippen LogP contribution is -2.35. The molecule has 1 aliphatic rings. The molecule has 2 rings (SSSR count). The van der Waals surface area contributed by atoms with Crippen molar-refractivity contribution in [2.45, 2.75) is 13.0 Å². The Morgan fingerprint density at radius 3 is 2.83 bits per heavy atom. The third kappa shape index (κ3) is 3.63. The molecule has 1 aromatic rings. The van der Waals surface area contributed by atoms with E-state index in [2.05, 4.69) is 11.0 Å². The molecule has 0 spiro atoms. The standard InChI is InChI=1S/C14H20N2O2/c15-5-4-14(17)13-3-1-2-12(10-13)11-16-6-8-18-9-7-16/h1-3,10H,4-9,11,15H2. The lowest BCUT2D eigenvalue weighted by Gasteiger charge is -2.26. The smallest absolute Gasteiger partial charge is 0.164 e. The van der Waals surface area contributed by atoms with Crippen LogP contribution in [0.4, 0.5) is 0 Å². The van der Waals surface area contributed by atoms with Gasteiger partial charge in [-0.15, -0.1) is 0 Å². The van der Waals surface area contributed by atoms with Crippen LogP contribution in [0.5, 0.6) is 0 Å². The molecule has 0 amide bonds. The van der Waals surface area contributed by atoms with Crippen LogP contribution in [0.25, 0.3) is 0 Å². The molecule has 4 nitrogen and oxygen atoms in total. The van der Waals surface area contributed by atoms with E-state index in [1.807, 2.05) is 18.2 Å². The van der Waals surface area contributed by atoms with Crippen LogP contribution in [0.3, 0.4) is 0 Å². The maximum atomic E-state index is 11.8. The summed E-state index contributed by atoms with van der Waals surface area (Å²) in [7, 11) is 0. The van der Waals surface area contributed by atoms with Crippen LogP contribution in [-0.4, -0.2) is 43.5 Å². The second-order valence-electron chi connectivity index (χ2n) is 4.55. The first-order valence-corrected chi connectivity index (χ1v) is 6.42. The van der Waals surface area contributed by atoms with Gasteiger partial charge in [-0.3, -0.25) is 9.69 Å². The molecule has 0 atom stereocenters. The van der Waals surface area contributed by atoms with Gasteiger partial charge in [-0.25, -0.2) is 0 Å². The third-order valence-corrected chi connectivity index (χ3v) is 3.13. The van der Waals surface area contributed by atoms with E-state index >= 15 is 0 Å². The Kier molecular flexibility index (Phi) is 4.87. The number of nitrogens with zero attached hydrogens (tertiary/aromatic N) is 1. The zero-order valence-electron chi connectivity index (χ0n) is 10.6. The highest BCUT2D eigenvalue weighted by Crippen LogP contribution is 2.11. The fourth-order valence-electron chi connectivity index (χ4n) is 2.14. The van der Waals surface area contributed by atoms with E-state index in [9.17, 15) is 4.79 Å². The van der Waals surface area contributed by atoms with Gasteiger partial charge in [-0.05, 0) is 18.2 Å². The molecule has 0 aromatic heterocycles. The number of hydrogen-bond donors (Lipinski definition) is 1. The Hall–Kier alpha value is -1.23. The van der Waals surface area contributed by atoms with Gasteiger partial charge in [-0.2, -0.15) is 0 Å². The molecule has 0 unspecified atom stereocenters. The topological polar surface area (TPSA) is 55.6 Å². The summed E-state index contributed by atoms with van der Waals surface area (Å²) in [5.41, 5.74) is 7.36. The van der Waals surface area contributed by atoms with Crippen molar-refractivity contribution in [2.24, 2.45) is 5.73 Å². The Morgan fingerprint density at radius 1 is 1.33 bits per heavy atom. The number of rotatable bonds is 5. The average molecular weight is 248 g/mol. The average Bonchev–Trinajstić information content (AvgIpc) is 2.40. The second-order valence-corrected chi connectivity index (χ2v) is 4.55. The monoisotopic (exact) mass is 248 g/mol. The highest BCUT2D eigenvalue weighted by Gasteiger charge is 2.11. The van der Waals surface area contributed by atoms with E-state index in [0.717, 1.165) is 38.4 Å². The van der Waals surface area contributed by atoms with Crippen LogP contribution in [0.2, 0.25) is 0 Å². The number of benzene rings is 1. The van der Waals surface area contributed by atoms with Gasteiger partial charge < -0.3 is 10.5 Å². The normalized spacial score (nSPS) is 16.7. The molecule has 98 valence electrons. The van der Waals surface area contributed by atoms with Crippen molar-refractivity contribution in [1.29, 1.82) is 0 Å². The molecule has 1 heterocycles. The molecular weight excluding hydrogens is 228 g/mol. The number of carbonyl (C=O) groups excluding carboxylic acids is 1. The Morgan fingerprint density at radius 2 is 2.11 bits per heavy atom. The molecule has 2 N–H and O–H groups in total. The molecular formula is C14H20N2O2. The molecule has 1 aliphatic heterocycles. The van der Waals surface area contributed by atoms with Crippen molar-refractivity contribution in [1.82, 2.24) is 4.90 Å². The van der Waals surface area contributed by atoms with Gasteiger partial charge in [0.05, 0.1) is 13.2 Å². The van der Waals surface area contributed by atoms with Gasteiger partial charge >= 0.3 is 0 Å². The zero-order valence-corrected chi connectivity index (χ0v) is 10.6. The summed E-state index contributed by atoms with van der Waals surface area (Å²) in [6.07, 6.45) is 0.418. The number of ether oxygens (including phenoxy) is 1. The van der Waals surface area contributed by atoms with Crippen LogP contribution in [0, 0.1) is 0 Å². The van der Waals surface area contributed by atoms with E-state index in [-0.39, 0.29) is 5.78 Å². The fraction of sp³-hybridized carbons (Fsp3) is 0.500. The number of carbonyl (C=O) groups is 1. The van der Waals surface area contributed by atoms with Crippen LogP contribution in [-0.2, 0) is 11.3 Å². The summed E-state index contributed by atoms with van der Waals surface area (Å²) in [6, 6.07) is 7.85. The van der Waals surface area contributed by atoms with Gasteiger partial charge in [0.15, 0.2) is 5.78 Å². The highest BCUT2D eigenvalue weighted by molar-refractivity contribution is 5.96. The minimum Gasteiger partial charge on any atom is -0.379 e. The fourth-order valence-corrected chi connectivity index (χ4v) is 2.14. The van der Waals surface area contributed by atoms with Gasteiger partial charge in [0, 0.05) is 31.6 Å². The molecule has 1 aromatic carbocycles. The van der Waals surface area contributed by atoms with Gasteiger partial charge in [0.25, 0.3) is 0 Å². The molecule has 0 radical (unpaired) electrons. The van der Waals surface area contributed by atoms with E-state index < -0.39 is 0 Å². The number of nitrogens with two attached hydrogens (primary N) is 1. The predicted molar refractivity (Wildman–Crippen MR) is 70.5 cm³/mol. The van der Waals surface area contributed by atoms with Crippen LogP contribution < -0.4 is 5.73 Å². The van der Waals surface area contributed by atoms with E-state index in [1.165, 1.54) is 5.56 Å². The summed E-state index contributed by atoms with van der Waals surface area (Å²) < 4.78 is 5.32. The van der Waals surface area contributed by atoms with Gasteiger partial charge in [0.1, 0.15) is 0 Å². The van der Waals surface area contributed by atoms with Crippen molar-refractivity contribution < 1.29 is 9.53 Å². The summed E-state index contributed by atoms with van der Waals surface area (Å²) >= 11 is 0. The minimum absolute atomic E-state index is 0.126. The SMILES string of the molecule is NCCC(=O)c1cccc(CN2CCOCC2)c1. The number of hydrogen-bond acceptors (Lipinski definition) is 4. The number of ketones is 1. The maximum absolute atomic E-state index is 11.8. The molecule has 0 bridgehead atoms. The highest BCUT2D eigenvalue weighted by atomic mass is 16.5. The van der Waals surface area contributed by atoms with Crippen molar-refractivity contribution in [3.63, 3.8) is 0 Å². The summed E-state index contributed by atoms with van der Waals surface area (Å²) in [6.45, 7) is 4.80.